The molecular weight excluding hydrogens is 202 g/mol. The summed E-state index contributed by atoms with van der Waals surface area (Å²) >= 11 is 0. The fourth-order valence-corrected chi connectivity index (χ4v) is 1.35. The summed E-state index contributed by atoms with van der Waals surface area (Å²) < 4.78 is 1.93. The van der Waals surface area contributed by atoms with Gasteiger partial charge < -0.3 is 10.6 Å². The van der Waals surface area contributed by atoms with Crippen molar-refractivity contribution in [1.29, 1.82) is 0 Å². The molecule has 0 unspecified atom stereocenters. The quantitative estimate of drug-likeness (QED) is 0.442. The third-order valence-corrected chi connectivity index (χ3v) is 2.06. The van der Waals surface area contributed by atoms with Gasteiger partial charge in [0, 0.05) is 38.6 Å². The Morgan fingerprint density at radius 2 is 2.31 bits per heavy atom. The minimum absolute atomic E-state index is 0.400. The topological polar surface area (TPSA) is 54.2 Å². The average Bonchev–Trinajstić information content (AvgIpc) is 2.74. The second kappa shape index (κ2) is 6.87. The molecule has 0 spiro atoms. The highest BCUT2D eigenvalue weighted by atomic mass is 15.3. The van der Waals surface area contributed by atoms with Crippen LogP contribution in [0.15, 0.2) is 23.5 Å². The van der Waals surface area contributed by atoms with Crippen LogP contribution in [0.25, 0.3) is 0 Å². The zero-order valence-corrected chi connectivity index (χ0v) is 10.3. The van der Waals surface area contributed by atoms with Crippen LogP contribution in [0.3, 0.4) is 0 Å². The maximum atomic E-state index is 4.14. The molecule has 0 aliphatic heterocycles. The molecule has 0 aliphatic carbocycles. The summed E-state index contributed by atoms with van der Waals surface area (Å²) in [6.07, 6.45) is 4.80. The molecule has 0 amide bonds. The van der Waals surface area contributed by atoms with Gasteiger partial charge in [0.15, 0.2) is 5.96 Å². The maximum absolute atomic E-state index is 4.14. The molecular formula is C11H21N5. The maximum Gasteiger partial charge on any atom is 0.191 e. The second-order valence-electron chi connectivity index (χ2n) is 3.92. The Morgan fingerprint density at radius 3 is 2.88 bits per heavy atom. The zero-order valence-electron chi connectivity index (χ0n) is 10.3. The van der Waals surface area contributed by atoms with E-state index in [1.54, 1.807) is 13.2 Å². The third kappa shape index (κ3) is 4.82. The number of aromatic nitrogens is 2. The highest BCUT2D eigenvalue weighted by molar-refractivity contribution is 5.79. The monoisotopic (exact) mass is 223 g/mol. The van der Waals surface area contributed by atoms with Crippen LogP contribution in [0.1, 0.15) is 20.3 Å². The van der Waals surface area contributed by atoms with Gasteiger partial charge in [-0.3, -0.25) is 9.67 Å². The first-order chi connectivity index (χ1) is 7.72. The summed E-state index contributed by atoms with van der Waals surface area (Å²) in [5.41, 5.74) is 0. The molecule has 1 aromatic heterocycles. The molecule has 5 heteroatoms. The van der Waals surface area contributed by atoms with Crippen LogP contribution in [0.4, 0.5) is 0 Å². The predicted octanol–water partition coefficient (Wildman–Crippen LogP) is 0.847. The summed E-state index contributed by atoms with van der Waals surface area (Å²) in [5, 5.41) is 10.6. The first-order valence-electron chi connectivity index (χ1n) is 5.67. The van der Waals surface area contributed by atoms with Crippen molar-refractivity contribution < 1.29 is 0 Å². The smallest absolute Gasteiger partial charge is 0.191 e. The van der Waals surface area contributed by atoms with Gasteiger partial charge in [0.05, 0.1) is 0 Å². The van der Waals surface area contributed by atoms with Crippen LogP contribution >= 0.6 is 0 Å². The largest absolute Gasteiger partial charge is 0.356 e. The van der Waals surface area contributed by atoms with Gasteiger partial charge in [-0.1, -0.05) is 0 Å². The van der Waals surface area contributed by atoms with Gasteiger partial charge in [-0.05, 0) is 26.3 Å². The minimum atomic E-state index is 0.400. The van der Waals surface area contributed by atoms with Crippen molar-refractivity contribution in [2.24, 2.45) is 4.99 Å². The van der Waals surface area contributed by atoms with Gasteiger partial charge in [-0.15, -0.1) is 0 Å². The number of nitrogens with one attached hydrogen (secondary N) is 2. The van der Waals surface area contributed by atoms with E-state index in [2.05, 4.69) is 34.6 Å². The van der Waals surface area contributed by atoms with Gasteiger partial charge in [0.25, 0.3) is 0 Å². The summed E-state index contributed by atoms with van der Waals surface area (Å²) in [7, 11) is 1.78. The molecule has 2 N–H and O–H groups in total. The summed E-state index contributed by atoms with van der Waals surface area (Å²) in [6, 6.07) is 2.34. The van der Waals surface area contributed by atoms with Gasteiger partial charge in [-0.25, -0.2) is 0 Å². The molecule has 1 aromatic rings. The number of rotatable bonds is 5. The summed E-state index contributed by atoms with van der Waals surface area (Å²) in [4.78, 5) is 4.13. The number of aryl methyl sites for hydroxylation is 1. The molecule has 16 heavy (non-hydrogen) atoms. The molecule has 5 nitrogen and oxygen atoms in total. The van der Waals surface area contributed by atoms with E-state index >= 15 is 0 Å². The second-order valence-corrected chi connectivity index (χ2v) is 3.92. The Morgan fingerprint density at radius 1 is 1.50 bits per heavy atom. The van der Waals surface area contributed by atoms with Crippen LogP contribution in [0.5, 0.6) is 0 Å². The molecule has 0 saturated heterocycles. The molecule has 0 atom stereocenters. The van der Waals surface area contributed by atoms with E-state index in [0.29, 0.717) is 6.04 Å². The van der Waals surface area contributed by atoms with Gasteiger partial charge in [0.1, 0.15) is 0 Å². The van der Waals surface area contributed by atoms with Crippen LogP contribution < -0.4 is 10.6 Å². The van der Waals surface area contributed by atoms with Crippen molar-refractivity contribution in [3.8, 4) is 0 Å². The molecule has 0 aliphatic rings. The fourth-order valence-electron chi connectivity index (χ4n) is 1.35. The lowest BCUT2D eigenvalue weighted by molar-refractivity contribution is 0.568. The molecule has 1 rings (SSSR count). The summed E-state index contributed by atoms with van der Waals surface area (Å²) in [6.45, 7) is 6.01. The molecule has 1 heterocycles. The van der Waals surface area contributed by atoms with E-state index in [1.165, 1.54) is 0 Å². The van der Waals surface area contributed by atoms with E-state index < -0.39 is 0 Å². The van der Waals surface area contributed by atoms with Crippen molar-refractivity contribution in [1.82, 2.24) is 20.4 Å². The predicted molar refractivity (Wildman–Crippen MR) is 66.5 cm³/mol. The molecule has 90 valence electrons. The van der Waals surface area contributed by atoms with Crippen molar-refractivity contribution in [3.63, 3.8) is 0 Å². The standard InChI is InChI=1S/C11H21N5/c1-10(2)15-11(12-3)13-6-4-8-16-9-5-7-14-16/h5,7,9-10H,4,6,8H2,1-3H3,(H2,12,13,15). The van der Waals surface area contributed by atoms with E-state index in [0.717, 1.165) is 25.5 Å². The normalized spacial score (nSPS) is 11.9. The fraction of sp³-hybridized carbons (Fsp3) is 0.636. The summed E-state index contributed by atoms with van der Waals surface area (Å²) in [5.74, 6) is 0.857. The van der Waals surface area contributed by atoms with E-state index in [9.17, 15) is 0 Å². The van der Waals surface area contributed by atoms with Crippen LogP contribution in [0.2, 0.25) is 0 Å². The van der Waals surface area contributed by atoms with Crippen LogP contribution in [-0.4, -0.2) is 35.4 Å². The number of nitrogens with zero attached hydrogens (tertiary/aromatic N) is 3. The first-order valence-corrected chi connectivity index (χ1v) is 5.67. The van der Waals surface area contributed by atoms with Gasteiger partial charge in [0.2, 0.25) is 0 Å². The number of hydrogen-bond donors (Lipinski definition) is 2. The van der Waals surface area contributed by atoms with Crippen molar-refractivity contribution in [2.75, 3.05) is 13.6 Å². The molecule has 0 fully saturated rings. The molecule has 0 aromatic carbocycles. The van der Waals surface area contributed by atoms with E-state index in [-0.39, 0.29) is 0 Å². The molecule has 0 radical (unpaired) electrons. The Balaban J connectivity index is 2.14. The van der Waals surface area contributed by atoms with Crippen molar-refractivity contribution in [3.05, 3.63) is 18.5 Å². The highest BCUT2D eigenvalue weighted by Crippen LogP contribution is 1.88. The van der Waals surface area contributed by atoms with E-state index in [4.69, 9.17) is 0 Å². The number of aliphatic imine (C=N–C) groups is 1. The van der Waals surface area contributed by atoms with E-state index in [1.807, 2.05) is 16.9 Å². The Bertz CT molecular complexity index is 302. The van der Waals surface area contributed by atoms with Crippen LogP contribution in [-0.2, 0) is 6.54 Å². The van der Waals surface area contributed by atoms with Crippen molar-refractivity contribution >= 4 is 5.96 Å². The average molecular weight is 223 g/mol. The lowest BCUT2D eigenvalue weighted by Crippen LogP contribution is -2.41. The SMILES string of the molecule is CN=C(NCCCn1cccn1)NC(C)C. The minimum Gasteiger partial charge on any atom is -0.356 e. The Kier molecular flexibility index (Phi) is 5.39. The van der Waals surface area contributed by atoms with Crippen LogP contribution in [0, 0.1) is 0 Å². The lowest BCUT2D eigenvalue weighted by atomic mass is 10.4. The highest BCUT2D eigenvalue weighted by Gasteiger charge is 1.98. The van der Waals surface area contributed by atoms with Gasteiger partial charge in [-0.2, -0.15) is 5.10 Å². The third-order valence-electron chi connectivity index (χ3n) is 2.06. The van der Waals surface area contributed by atoms with Gasteiger partial charge >= 0.3 is 0 Å². The lowest BCUT2D eigenvalue weighted by Gasteiger charge is -2.14. The Hall–Kier alpha value is -1.52. The number of hydrogen-bond acceptors (Lipinski definition) is 2. The number of guanidine groups is 1. The molecule has 0 bridgehead atoms. The zero-order chi connectivity index (χ0) is 11.8. The van der Waals surface area contributed by atoms with Crippen molar-refractivity contribution in [2.45, 2.75) is 32.9 Å². The molecule has 0 saturated carbocycles. The first kappa shape index (κ1) is 12.5. The Labute approximate surface area is 97.0 Å².